The first-order valence-electron chi connectivity index (χ1n) is 8.25. The normalized spacial score (nSPS) is 22.2. The summed E-state index contributed by atoms with van der Waals surface area (Å²) in [5, 5.41) is 0. The molecule has 0 aromatic heterocycles. The van der Waals surface area contributed by atoms with Crippen LogP contribution in [0.5, 0.6) is 0 Å². The molecule has 1 saturated carbocycles. The molecule has 0 aliphatic heterocycles. The van der Waals surface area contributed by atoms with E-state index in [4.69, 9.17) is 4.18 Å². The maximum absolute atomic E-state index is 12.1. The SMILES string of the molecule is Cc1ccc(S(=O)(=O)OCCC2CCCC(C)(C)CC2)cc1. The maximum atomic E-state index is 12.1. The molecule has 0 bridgehead atoms. The van der Waals surface area contributed by atoms with Crippen LogP contribution in [0.3, 0.4) is 0 Å². The van der Waals surface area contributed by atoms with Crippen LogP contribution in [0.4, 0.5) is 0 Å². The van der Waals surface area contributed by atoms with Crippen LogP contribution in [0.2, 0.25) is 0 Å². The Morgan fingerprint density at radius 2 is 1.82 bits per heavy atom. The van der Waals surface area contributed by atoms with Gasteiger partial charge in [-0.1, -0.05) is 44.4 Å². The molecule has 0 saturated heterocycles. The van der Waals surface area contributed by atoms with E-state index in [1.54, 1.807) is 24.3 Å². The van der Waals surface area contributed by atoms with Crippen LogP contribution >= 0.6 is 0 Å². The molecule has 0 radical (unpaired) electrons. The summed E-state index contributed by atoms with van der Waals surface area (Å²) < 4.78 is 29.5. The molecule has 1 aromatic rings. The van der Waals surface area contributed by atoms with E-state index >= 15 is 0 Å². The van der Waals surface area contributed by atoms with Gasteiger partial charge in [0.2, 0.25) is 0 Å². The van der Waals surface area contributed by atoms with E-state index in [0.29, 0.717) is 17.9 Å². The van der Waals surface area contributed by atoms with Crippen LogP contribution < -0.4 is 0 Å². The van der Waals surface area contributed by atoms with Gasteiger partial charge in [0.15, 0.2) is 0 Å². The Morgan fingerprint density at radius 3 is 2.50 bits per heavy atom. The smallest absolute Gasteiger partial charge is 0.266 e. The zero-order valence-corrected chi connectivity index (χ0v) is 14.8. The summed E-state index contributed by atoms with van der Waals surface area (Å²) in [4.78, 5) is 0.250. The molecule has 1 atom stereocenters. The second-order valence-electron chi connectivity index (χ2n) is 7.34. The van der Waals surface area contributed by atoms with E-state index in [1.165, 1.54) is 32.1 Å². The van der Waals surface area contributed by atoms with E-state index < -0.39 is 10.1 Å². The van der Waals surface area contributed by atoms with Crippen LogP contribution in [0.1, 0.15) is 57.9 Å². The van der Waals surface area contributed by atoms with Crippen molar-refractivity contribution in [3.8, 4) is 0 Å². The van der Waals surface area contributed by atoms with Gasteiger partial charge in [-0.3, -0.25) is 4.18 Å². The van der Waals surface area contributed by atoms with Gasteiger partial charge in [0.05, 0.1) is 11.5 Å². The largest absolute Gasteiger partial charge is 0.296 e. The van der Waals surface area contributed by atoms with Crippen LogP contribution in [0.25, 0.3) is 0 Å². The molecular weight excluding hydrogens is 296 g/mol. The standard InChI is InChI=1S/C18H28O3S/c1-15-6-8-17(9-7-15)22(19,20)21-14-11-16-5-4-12-18(2,3)13-10-16/h6-9,16H,4-5,10-14H2,1-3H3. The second-order valence-corrected chi connectivity index (χ2v) is 8.95. The molecule has 0 spiro atoms. The Balaban J connectivity index is 1.84. The fourth-order valence-corrected chi connectivity index (χ4v) is 4.04. The maximum Gasteiger partial charge on any atom is 0.296 e. The Labute approximate surface area is 135 Å². The summed E-state index contributed by atoms with van der Waals surface area (Å²) in [6.45, 7) is 6.88. The molecule has 0 heterocycles. The van der Waals surface area contributed by atoms with Crippen molar-refractivity contribution in [2.75, 3.05) is 6.61 Å². The molecule has 1 aromatic carbocycles. The Bertz CT molecular complexity index is 573. The minimum absolute atomic E-state index is 0.250. The molecule has 1 unspecified atom stereocenters. The lowest BCUT2D eigenvalue weighted by molar-refractivity contribution is 0.263. The van der Waals surface area contributed by atoms with Gasteiger partial charge in [0.1, 0.15) is 0 Å². The molecule has 0 N–H and O–H groups in total. The third-order valence-electron chi connectivity index (χ3n) is 4.77. The number of benzene rings is 1. The van der Waals surface area contributed by atoms with E-state index in [-0.39, 0.29) is 4.90 Å². The lowest BCUT2D eigenvalue weighted by Gasteiger charge is -2.21. The van der Waals surface area contributed by atoms with E-state index in [1.807, 2.05) is 6.92 Å². The fraction of sp³-hybridized carbons (Fsp3) is 0.667. The number of rotatable bonds is 5. The Hall–Kier alpha value is -0.870. The molecular formula is C18H28O3S. The lowest BCUT2D eigenvalue weighted by atomic mass is 9.84. The van der Waals surface area contributed by atoms with Crippen molar-refractivity contribution < 1.29 is 12.6 Å². The molecule has 4 heteroatoms. The van der Waals surface area contributed by atoms with E-state index in [9.17, 15) is 8.42 Å². The van der Waals surface area contributed by atoms with Crippen molar-refractivity contribution in [2.45, 2.75) is 64.2 Å². The highest BCUT2D eigenvalue weighted by molar-refractivity contribution is 7.86. The van der Waals surface area contributed by atoms with Crippen molar-refractivity contribution in [2.24, 2.45) is 11.3 Å². The molecule has 0 amide bonds. The molecule has 22 heavy (non-hydrogen) atoms. The zero-order valence-electron chi connectivity index (χ0n) is 14.0. The summed E-state index contributed by atoms with van der Waals surface area (Å²) in [7, 11) is -3.61. The van der Waals surface area contributed by atoms with Gasteiger partial charge < -0.3 is 0 Å². The Kier molecular flexibility index (Phi) is 5.67. The summed E-state index contributed by atoms with van der Waals surface area (Å²) >= 11 is 0. The van der Waals surface area contributed by atoms with Crippen LogP contribution in [-0.4, -0.2) is 15.0 Å². The molecule has 1 aliphatic rings. The first-order valence-corrected chi connectivity index (χ1v) is 9.65. The van der Waals surface area contributed by atoms with Gasteiger partial charge in [0.25, 0.3) is 10.1 Å². The predicted molar refractivity (Wildman–Crippen MR) is 89.3 cm³/mol. The van der Waals surface area contributed by atoms with Crippen molar-refractivity contribution in [3.63, 3.8) is 0 Å². The van der Waals surface area contributed by atoms with Crippen LogP contribution in [-0.2, 0) is 14.3 Å². The molecule has 124 valence electrons. The molecule has 2 rings (SSSR count). The van der Waals surface area contributed by atoms with Gasteiger partial charge in [-0.25, -0.2) is 0 Å². The van der Waals surface area contributed by atoms with E-state index in [0.717, 1.165) is 12.0 Å². The number of hydrogen-bond acceptors (Lipinski definition) is 3. The molecule has 1 aliphatic carbocycles. The predicted octanol–water partition coefficient (Wildman–Crippen LogP) is 4.70. The summed E-state index contributed by atoms with van der Waals surface area (Å²) in [5.74, 6) is 0.593. The first-order chi connectivity index (χ1) is 10.3. The minimum atomic E-state index is -3.61. The minimum Gasteiger partial charge on any atom is -0.266 e. The highest BCUT2D eigenvalue weighted by Crippen LogP contribution is 2.37. The zero-order chi connectivity index (χ0) is 16.2. The van der Waals surface area contributed by atoms with Crippen molar-refractivity contribution in [1.82, 2.24) is 0 Å². The fourth-order valence-electron chi connectivity index (χ4n) is 3.12. The van der Waals surface area contributed by atoms with Crippen LogP contribution in [0.15, 0.2) is 29.2 Å². The summed E-state index contributed by atoms with van der Waals surface area (Å²) in [6, 6.07) is 6.81. The third-order valence-corrected chi connectivity index (χ3v) is 6.10. The van der Waals surface area contributed by atoms with Crippen molar-refractivity contribution >= 4 is 10.1 Å². The van der Waals surface area contributed by atoms with Gasteiger partial charge in [-0.2, -0.15) is 8.42 Å². The second kappa shape index (κ2) is 7.14. The monoisotopic (exact) mass is 324 g/mol. The highest BCUT2D eigenvalue weighted by Gasteiger charge is 2.24. The van der Waals surface area contributed by atoms with Crippen molar-refractivity contribution in [1.29, 1.82) is 0 Å². The number of aryl methyl sites for hydroxylation is 1. The third kappa shape index (κ3) is 5.10. The average molecular weight is 324 g/mol. The van der Waals surface area contributed by atoms with Gasteiger partial charge in [-0.15, -0.1) is 0 Å². The molecule has 1 fully saturated rings. The topological polar surface area (TPSA) is 43.4 Å². The quantitative estimate of drug-likeness (QED) is 0.582. The summed E-state index contributed by atoms with van der Waals surface area (Å²) in [5.41, 5.74) is 1.48. The lowest BCUT2D eigenvalue weighted by Crippen LogP contribution is -2.12. The van der Waals surface area contributed by atoms with Gasteiger partial charge in [-0.05, 0) is 56.1 Å². The highest BCUT2D eigenvalue weighted by atomic mass is 32.2. The van der Waals surface area contributed by atoms with Gasteiger partial charge in [0, 0.05) is 0 Å². The Morgan fingerprint density at radius 1 is 1.14 bits per heavy atom. The average Bonchev–Trinajstić information content (AvgIpc) is 2.60. The molecule has 3 nitrogen and oxygen atoms in total. The first kappa shape index (κ1) is 17.5. The van der Waals surface area contributed by atoms with Gasteiger partial charge >= 0.3 is 0 Å². The van der Waals surface area contributed by atoms with Crippen molar-refractivity contribution in [3.05, 3.63) is 29.8 Å². The van der Waals surface area contributed by atoms with E-state index in [2.05, 4.69) is 13.8 Å². The van der Waals surface area contributed by atoms with Crippen LogP contribution in [0, 0.1) is 18.3 Å². The summed E-state index contributed by atoms with van der Waals surface area (Å²) in [6.07, 6.45) is 6.94. The number of hydrogen-bond donors (Lipinski definition) is 0.